The van der Waals surface area contributed by atoms with E-state index in [1.54, 1.807) is 0 Å². The lowest BCUT2D eigenvalue weighted by molar-refractivity contribution is 0.0342. The van der Waals surface area contributed by atoms with Crippen LogP contribution in [0, 0.1) is 0 Å². The molecule has 3 rings (SSSR count). The van der Waals surface area contributed by atoms with Crippen molar-refractivity contribution in [1.82, 2.24) is 10.2 Å². The first-order chi connectivity index (χ1) is 12.6. The molecule has 2 aromatic carbocycles. The van der Waals surface area contributed by atoms with E-state index in [2.05, 4.69) is 34.5 Å². The molecule has 2 aromatic rings. The van der Waals surface area contributed by atoms with Crippen LogP contribution < -0.4 is 10.2 Å². The zero-order valence-electron chi connectivity index (χ0n) is 15.6. The molecule has 26 heavy (non-hydrogen) atoms. The zero-order valence-corrected chi connectivity index (χ0v) is 15.6. The first-order valence-corrected chi connectivity index (χ1v) is 9.05. The van der Waals surface area contributed by atoms with Gasteiger partial charge in [0.1, 0.15) is 0 Å². The summed E-state index contributed by atoms with van der Waals surface area (Å²) in [6.07, 6.45) is 0. The first-order valence-electron chi connectivity index (χ1n) is 9.05. The molecule has 1 saturated heterocycles. The fraction of sp³-hybridized carbons (Fsp3) is 0.381. The number of ether oxygens (including phenoxy) is 1. The van der Waals surface area contributed by atoms with Crippen molar-refractivity contribution in [2.24, 2.45) is 0 Å². The number of nitrogens with one attached hydrogen (secondary N) is 1. The average molecular weight is 353 g/mol. The Hall–Kier alpha value is -2.37. The Balaban J connectivity index is 1.52. The van der Waals surface area contributed by atoms with E-state index >= 15 is 0 Å². The third-order valence-corrected chi connectivity index (χ3v) is 4.61. The van der Waals surface area contributed by atoms with E-state index in [1.807, 2.05) is 43.3 Å². The fourth-order valence-corrected chi connectivity index (χ4v) is 2.99. The summed E-state index contributed by atoms with van der Waals surface area (Å²) in [5, 5.41) is 3.00. The number of benzene rings is 2. The van der Waals surface area contributed by atoms with E-state index < -0.39 is 0 Å². The first kappa shape index (κ1) is 18.4. The summed E-state index contributed by atoms with van der Waals surface area (Å²) in [6.45, 7) is 5.10. The van der Waals surface area contributed by atoms with E-state index in [0.717, 1.165) is 44.1 Å². The van der Waals surface area contributed by atoms with Crippen molar-refractivity contribution < 1.29 is 9.53 Å². The molecule has 5 heteroatoms. The van der Waals surface area contributed by atoms with E-state index in [9.17, 15) is 4.79 Å². The van der Waals surface area contributed by atoms with Crippen LogP contribution in [-0.4, -0.2) is 51.2 Å². The molecule has 0 unspecified atom stereocenters. The number of hydrogen-bond donors (Lipinski definition) is 1. The number of nitrogens with zero attached hydrogens (tertiary/aromatic N) is 2. The molecule has 1 fully saturated rings. The molecule has 1 aliphatic heterocycles. The number of rotatable bonds is 6. The second-order valence-corrected chi connectivity index (χ2v) is 6.83. The highest BCUT2D eigenvalue weighted by Gasteiger charge is 2.11. The summed E-state index contributed by atoms with van der Waals surface area (Å²) in [6, 6.07) is 16.1. The van der Waals surface area contributed by atoms with E-state index in [4.69, 9.17) is 4.74 Å². The Morgan fingerprint density at radius 1 is 1.08 bits per heavy atom. The summed E-state index contributed by atoms with van der Waals surface area (Å²) < 4.78 is 5.38. The third kappa shape index (κ3) is 5.07. The molecular weight excluding hydrogens is 326 g/mol. The topological polar surface area (TPSA) is 44.8 Å². The second kappa shape index (κ2) is 8.83. The highest BCUT2D eigenvalue weighted by molar-refractivity contribution is 5.95. The Morgan fingerprint density at radius 3 is 2.46 bits per heavy atom. The summed E-state index contributed by atoms with van der Waals surface area (Å²) in [4.78, 5) is 16.8. The number of anilines is 1. The van der Waals surface area contributed by atoms with E-state index in [1.165, 1.54) is 5.56 Å². The number of morpholine rings is 1. The van der Waals surface area contributed by atoms with Gasteiger partial charge in [-0.2, -0.15) is 0 Å². The van der Waals surface area contributed by atoms with Gasteiger partial charge in [0.05, 0.1) is 13.2 Å². The lowest BCUT2D eigenvalue weighted by atomic mass is 10.1. The van der Waals surface area contributed by atoms with Crippen LogP contribution in [0.15, 0.2) is 48.5 Å². The van der Waals surface area contributed by atoms with Crippen LogP contribution in [0.3, 0.4) is 0 Å². The van der Waals surface area contributed by atoms with Crippen LogP contribution in [0.5, 0.6) is 0 Å². The minimum Gasteiger partial charge on any atom is -0.379 e. The van der Waals surface area contributed by atoms with Gasteiger partial charge in [-0.05, 0) is 29.3 Å². The number of carbonyl (C=O) groups is 1. The molecule has 0 bridgehead atoms. The zero-order chi connectivity index (χ0) is 18.4. The molecule has 1 amide bonds. The summed E-state index contributed by atoms with van der Waals surface area (Å²) >= 11 is 0. The molecule has 138 valence electrons. The Labute approximate surface area is 155 Å². The maximum Gasteiger partial charge on any atom is 0.251 e. The highest BCUT2D eigenvalue weighted by atomic mass is 16.5. The Kier molecular flexibility index (Phi) is 6.26. The van der Waals surface area contributed by atoms with Gasteiger partial charge in [0.25, 0.3) is 5.91 Å². The van der Waals surface area contributed by atoms with Gasteiger partial charge in [0.15, 0.2) is 0 Å². The quantitative estimate of drug-likeness (QED) is 0.867. The van der Waals surface area contributed by atoms with Crippen molar-refractivity contribution in [3.63, 3.8) is 0 Å². The average Bonchev–Trinajstić information content (AvgIpc) is 2.68. The molecule has 0 atom stereocenters. The molecule has 0 saturated carbocycles. The van der Waals surface area contributed by atoms with Crippen molar-refractivity contribution in [2.75, 3.05) is 45.3 Å². The van der Waals surface area contributed by atoms with E-state index in [-0.39, 0.29) is 5.91 Å². The van der Waals surface area contributed by atoms with Gasteiger partial charge < -0.3 is 15.0 Å². The van der Waals surface area contributed by atoms with Crippen LogP contribution in [0.4, 0.5) is 5.69 Å². The minimum atomic E-state index is -0.0499. The van der Waals surface area contributed by atoms with Gasteiger partial charge in [-0.1, -0.05) is 30.3 Å². The van der Waals surface area contributed by atoms with Crippen molar-refractivity contribution in [3.05, 3.63) is 65.2 Å². The standard InChI is InChI=1S/C21H27N3O2/c1-23(2)20-5-3-4-19(14-20)21(25)22-15-17-6-8-18(9-7-17)16-24-10-12-26-13-11-24/h3-9,14H,10-13,15-16H2,1-2H3,(H,22,25). The predicted molar refractivity (Wildman–Crippen MR) is 104 cm³/mol. The van der Waals surface area contributed by atoms with Crippen LogP contribution in [0.25, 0.3) is 0 Å². The number of carbonyl (C=O) groups excluding carboxylic acids is 1. The monoisotopic (exact) mass is 353 g/mol. The molecule has 1 N–H and O–H groups in total. The summed E-state index contributed by atoms with van der Waals surface area (Å²) in [7, 11) is 3.94. The SMILES string of the molecule is CN(C)c1cccc(C(=O)NCc2ccc(CN3CCOCC3)cc2)c1. The number of hydrogen-bond acceptors (Lipinski definition) is 4. The largest absolute Gasteiger partial charge is 0.379 e. The van der Waals surface area contributed by atoms with E-state index in [0.29, 0.717) is 12.1 Å². The minimum absolute atomic E-state index is 0.0499. The number of amides is 1. The molecule has 0 aliphatic carbocycles. The second-order valence-electron chi connectivity index (χ2n) is 6.83. The maximum atomic E-state index is 12.4. The van der Waals surface area contributed by atoms with Crippen molar-refractivity contribution in [2.45, 2.75) is 13.1 Å². The summed E-state index contributed by atoms with van der Waals surface area (Å²) in [5.41, 5.74) is 4.10. The van der Waals surface area contributed by atoms with Gasteiger partial charge in [0, 0.05) is 51.5 Å². The van der Waals surface area contributed by atoms with Crippen molar-refractivity contribution in [3.8, 4) is 0 Å². The maximum absolute atomic E-state index is 12.4. The van der Waals surface area contributed by atoms with Gasteiger partial charge in [-0.15, -0.1) is 0 Å². The molecule has 0 spiro atoms. The molecular formula is C21H27N3O2. The molecule has 0 radical (unpaired) electrons. The van der Waals surface area contributed by atoms with Gasteiger partial charge in [-0.25, -0.2) is 0 Å². The molecule has 1 heterocycles. The van der Waals surface area contributed by atoms with Crippen molar-refractivity contribution in [1.29, 1.82) is 0 Å². The van der Waals surface area contributed by atoms with Gasteiger partial charge in [0.2, 0.25) is 0 Å². The molecule has 5 nitrogen and oxygen atoms in total. The normalized spacial score (nSPS) is 14.8. The third-order valence-electron chi connectivity index (χ3n) is 4.61. The Bertz CT molecular complexity index is 722. The highest BCUT2D eigenvalue weighted by Crippen LogP contribution is 2.14. The molecule has 1 aliphatic rings. The smallest absolute Gasteiger partial charge is 0.251 e. The summed E-state index contributed by atoms with van der Waals surface area (Å²) in [5.74, 6) is -0.0499. The lowest BCUT2D eigenvalue weighted by Crippen LogP contribution is -2.35. The molecule has 0 aromatic heterocycles. The van der Waals surface area contributed by atoms with Gasteiger partial charge >= 0.3 is 0 Å². The lowest BCUT2D eigenvalue weighted by Gasteiger charge is -2.26. The van der Waals surface area contributed by atoms with Gasteiger partial charge in [-0.3, -0.25) is 9.69 Å². The van der Waals surface area contributed by atoms with Crippen LogP contribution in [0.1, 0.15) is 21.5 Å². The van der Waals surface area contributed by atoms with Crippen molar-refractivity contribution >= 4 is 11.6 Å². The predicted octanol–water partition coefficient (Wildman–Crippen LogP) is 2.51. The van der Waals surface area contributed by atoms with Crippen LogP contribution >= 0.6 is 0 Å². The van der Waals surface area contributed by atoms with Crippen LogP contribution in [0.2, 0.25) is 0 Å². The Morgan fingerprint density at radius 2 is 1.77 bits per heavy atom. The van der Waals surface area contributed by atoms with Crippen LogP contribution in [-0.2, 0) is 17.8 Å². The fourth-order valence-electron chi connectivity index (χ4n) is 2.99.